The molecule has 0 aliphatic rings. The number of hydrogen-bond donors (Lipinski definition) is 2. The quantitative estimate of drug-likeness (QED) is 0.138. The Morgan fingerprint density at radius 2 is 1.45 bits per heavy atom. The molecule has 0 atom stereocenters. The lowest BCUT2D eigenvalue weighted by atomic mass is 10.2. The molecule has 0 fully saturated rings. The molecule has 0 amide bonds. The first-order valence-corrected chi connectivity index (χ1v) is 16.4. The topological polar surface area (TPSA) is 151 Å². The second-order valence-corrected chi connectivity index (χ2v) is 12.7. The molecule has 4 rings (SSSR count). The predicted octanol–water partition coefficient (Wildman–Crippen LogP) is 4.79. The summed E-state index contributed by atoms with van der Waals surface area (Å²) in [4.78, 5) is 47.6. The number of nitrogens with one attached hydrogen (secondary N) is 1. The number of nitrogens with two attached hydrogens (primary N) is 1. The van der Waals surface area contributed by atoms with Crippen molar-refractivity contribution in [3.8, 4) is 0 Å². The Morgan fingerprint density at radius 3 is 2.00 bits per heavy atom. The van der Waals surface area contributed by atoms with Crippen LogP contribution in [0.1, 0.15) is 31.8 Å². The molecule has 0 bridgehead atoms. The Morgan fingerprint density at radius 1 is 0.905 bits per heavy atom. The average Bonchev–Trinajstić information content (AvgIpc) is 3.38. The third-order valence-electron chi connectivity index (χ3n) is 5.84. The van der Waals surface area contributed by atoms with E-state index in [-0.39, 0.29) is 34.7 Å². The summed E-state index contributed by atoms with van der Waals surface area (Å²) in [6, 6.07) is 14.9. The van der Waals surface area contributed by atoms with Crippen molar-refractivity contribution >= 4 is 59.2 Å². The van der Waals surface area contributed by atoms with Crippen LogP contribution in [0.2, 0.25) is 0 Å². The van der Waals surface area contributed by atoms with E-state index < -0.39 is 13.9 Å². The minimum Gasteiger partial charge on any atom is -0.370 e. The van der Waals surface area contributed by atoms with Crippen LogP contribution in [0.3, 0.4) is 0 Å². The number of aromatic amines is 1. The fourth-order valence-corrected chi connectivity index (χ4v) is 6.29. The van der Waals surface area contributed by atoms with Crippen molar-refractivity contribution in [2.75, 3.05) is 43.4 Å². The molecule has 11 nitrogen and oxygen atoms in total. The summed E-state index contributed by atoms with van der Waals surface area (Å²) in [5.74, 6) is 0.925. The minimum absolute atomic E-state index is 0.0120. The number of aryl methyl sites for hydroxylation is 2. The van der Waals surface area contributed by atoms with Crippen LogP contribution in [0.25, 0.3) is 11.2 Å². The normalized spacial score (nSPS) is 11.4. The Balaban J connectivity index is 1.25. The number of ether oxygens (including phenoxy) is 1. The maximum absolute atomic E-state index is 12.4. The van der Waals surface area contributed by atoms with Gasteiger partial charge in [-0.3, -0.25) is 19.4 Å². The number of hydrogen-bond acceptors (Lipinski definition) is 11. The summed E-state index contributed by atoms with van der Waals surface area (Å²) in [6.45, 7) is 5.21. The molecule has 0 spiro atoms. The maximum atomic E-state index is 12.4. The van der Waals surface area contributed by atoms with Gasteiger partial charge in [0, 0.05) is 29.2 Å². The lowest BCUT2D eigenvalue weighted by Gasteiger charge is -2.17. The molecule has 0 saturated carbocycles. The fourth-order valence-electron chi connectivity index (χ4n) is 3.64. The molecule has 0 saturated heterocycles. The van der Waals surface area contributed by atoms with Gasteiger partial charge in [-0.25, -0.2) is 4.98 Å². The number of carbonyl (C=O) groups excluding carboxylic acids is 2. The number of carbonyl (C=O) groups is 2. The first kappa shape index (κ1) is 31.9. The molecular weight excluding hydrogens is 597 g/mol. The van der Waals surface area contributed by atoms with Crippen molar-refractivity contribution in [2.24, 2.45) is 0 Å². The van der Waals surface area contributed by atoms with Crippen LogP contribution in [-0.2, 0) is 20.3 Å². The summed E-state index contributed by atoms with van der Waals surface area (Å²) in [7, 11) is -1.44. The van der Waals surface area contributed by atoms with Crippen molar-refractivity contribution in [1.29, 1.82) is 0 Å². The predicted molar refractivity (Wildman–Crippen MR) is 168 cm³/mol. The lowest BCUT2D eigenvalue weighted by molar-refractivity contribution is 0.108. The summed E-state index contributed by atoms with van der Waals surface area (Å²) in [6.07, 6.45) is 1.70. The molecule has 2 aromatic carbocycles. The molecule has 14 heteroatoms. The van der Waals surface area contributed by atoms with Crippen LogP contribution in [0.15, 0.2) is 59.7 Å². The molecule has 0 unspecified atom stereocenters. The third-order valence-corrected chi connectivity index (χ3v) is 8.92. The van der Waals surface area contributed by atoms with E-state index in [0.29, 0.717) is 48.0 Å². The van der Waals surface area contributed by atoms with Gasteiger partial charge in [0.1, 0.15) is 6.35 Å². The van der Waals surface area contributed by atoms with E-state index >= 15 is 0 Å². The smallest absolute Gasteiger partial charge is 0.280 e. The van der Waals surface area contributed by atoms with E-state index in [1.807, 2.05) is 62.4 Å². The summed E-state index contributed by atoms with van der Waals surface area (Å²) >= 11 is 2.37. The van der Waals surface area contributed by atoms with Gasteiger partial charge in [-0.2, -0.15) is 4.98 Å². The SMILES string of the molecule is Cc1ccc(C(=O)SCCOP(COCCn2cnc3c(=O)[nH]c(N)nc32)OCCSC(=O)c2ccc(C)cc2)cc1. The third kappa shape index (κ3) is 9.48. The molecule has 4 aromatic rings. The highest BCUT2D eigenvalue weighted by Gasteiger charge is 2.15. The van der Waals surface area contributed by atoms with Gasteiger partial charge in [0.05, 0.1) is 26.1 Å². The average molecular weight is 630 g/mol. The van der Waals surface area contributed by atoms with Crippen LogP contribution in [0.4, 0.5) is 5.95 Å². The zero-order valence-electron chi connectivity index (χ0n) is 23.3. The first-order valence-electron chi connectivity index (χ1n) is 13.1. The summed E-state index contributed by atoms with van der Waals surface area (Å²) < 4.78 is 19.4. The van der Waals surface area contributed by atoms with E-state index in [4.69, 9.17) is 19.5 Å². The van der Waals surface area contributed by atoms with Gasteiger partial charge in [-0.15, -0.1) is 0 Å². The van der Waals surface area contributed by atoms with Gasteiger partial charge in [0.25, 0.3) is 5.56 Å². The molecule has 0 radical (unpaired) electrons. The van der Waals surface area contributed by atoms with E-state index in [1.54, 1.807) is 4.57 Å². The number of fused-ring (bicyclic) bond motifs is 1. The van der Waals surface area contributed by atoms with Crippen molar-refractivity contribution in [1.82, 2.24) is 19.5 Å². The molecule has 0 aliphatic carbocycles. The number of nitrogen functional groups attached to an aromatic ring is 1. The van der Waals surface area contributed by atoms with Crippen LogP contribution >= 0.6 is 31.9 Å². The Labute approximate surface area is 252 Å². The largest absolute Gasteiger partial charge is 0.370 e. The second-order valence-electron chi connectivity index (χ2n) is 9.10. The fraction of sp³-hybridized carbons (Fsp3) is 0.321. The zero-order valence-corrected chi connectivity index (χ0v) is 25.8. The number of rotatable bonds is 15. The number of anilines is 1. The van der Waals surface area contributed by atoms with Gasteiger partial charge >= 0.3 is 0 Å². The van der Waals surface area contributed by atoms with Crippen molar-refractivity contribution in [2.45, 2.75) is 20.4 Å². The molecule has 3 N–H and O–H groups in total. The Hall–Kier alpha value is -3.06. The highest BCUT2D eigenvalue weighted by molar-refractivity contribution is 8.14. The molecule has 2 heterocycles. The van der Waals surface area contributed by atoms with Crippen LogP contribution in [0, 0.1) is 13.8 Å². The highest BCUT2D eigenvalue weighted by atomic mass is 32.2. The number of nitrogens with zero attached hydrogens (tertiary/aromatic N) is 3. The lowest BCUT2D eigenvalue weighted by Crippen LogP contribution is -2.13. The van der Waals surface area contributed by atoms with E-state index in [1.165, 1.54) is 29.9 Å². The van der Waals surface area contributed by atoms with Gasteiger partial charge in [-0.05, 0) is 13.8 Å². The second kappa shape index (κ2) is 16.0. The zero-order chi connectivity index (χ0) is 29.9. The standard InChI is InChI=1S/C28H32N5O6PS2/c1-19-3-7-21(8-4-19)26(35)41-15-13-38-40(39-14-16-42-27(36)22-9-5-20(2)6-10-22)18-37-12-11-33-17-30-23-24(33)31-28(29)32-25(23)34/h3-10,17H,11-16,18H2,1-2H3,(H3,29,31,32,34). The molecule has 42 heavy (non-hydrogen) atoms. The van der Waals surface area contributed by atoms with Crippen molar-refractivity contribution in [3.05, 3.63) is 87.5 Å². The first-order chi connectivity index (χ1) is 20.3. The minimum atomic E-state index is -1.44. The molecular formula is C28H32N5O6PS2. The van der Waals surface area contributed by atoms with Crippen LogP contribution in [0.5, 0.6) is 0 Å². The number of benzene rings is 2. The number of imidazole rings is 1. The maximum Gasteiger partial charge on any atom is 0.280 e. The van der Waals surface area contributed by atoms with Gasteiger partial charge in [0.15, 0.2) is 19.5 Å². The van der Waals surface area contributed by atoms with Crippen LogP contribution in [-0.4, -0.2) is 67.4 Å². The molecule has 0 aliphatic heterocycles. The van der Waals surface area contributed by atoms with E-state index in [9.17, 15) is 14.4 Å². The number of thioether (sulfide) groups is 2. The summed E-state index contributed by atoms with van der Waals surface area (Å²) in [5.41, 5.74) is 9.32. The Kier molecular flexibility index (Phi) is 12.1. The van der Waals surface area contributed by atoms with Gasteiger partial charge < -0.3 is 24.1 Å². The van der Waals surface area contributed by atoms with Gasteiger partial charge in [-0.1, -0.05) is 83.2 Å². The highest BCUT2D eigenvalue weighted by Crippen LogP contribution is 2.38. The monoisotopic (exact) mass is 629 g/mol. The van der Waals surface area contributed by atoms with Gasteiger partial charge in [0.2, 0.25) is 16.2 Å². The van der Waals surface area contributed by atoms with Crippen LogP contribution < -0.4 is 11.3 Å². The Bertz CT molecular complexity index is 1480. The molecule has 2 aromatic heterocycles. The molecule has 222 valence electrons. The van der Waals surface area contributed by atoms with E-state index in [2.05, 4.69) is 15.0 Å². The number of H-pyrrole nitrogens is 1. The van der Waals surface area contributed by atoms with Crippen molar-refractivity contribution in [3.63, 3.8) is 0 Å². The van der Waals surface area contributed by atoms with E-state index in [0.717, 1.165) is 11.1 Å². The van der Waals surface area contributed by atoms with Crippen molar-refractivity contribution < 1.29 is 23.4 Å². The number of aromatic nitrogens is 4. The summed E-state index contributed by atoms with van der Waals surface area (Å²) in [5, 5.41) is -0.0430.